The summed E-state index contributed by atoms with van der Waals surface area (Å²) in [5.41, 5.74) is 5.85. The zero-order chi connectivity index (χ0) is 19.9. The van der Waals surface area contributed by atoms with Gasteiger partial charge in [-0.1, -0.05) is 52.9 Å². The molecule has 144 valence electrons. The largest absolute Gasteiger partial charge is 0.271 e. The Bertz CT molecular complexity index is 1160. The zero-order valence-electron chi connectivity index (χ0n) is 15.5. The average Bonchev–Trinajstić information content (AvgIpc) is 3.36. The zero-order valence-corrected chi connectivity index (χ0v) is 15.5. The lowest BCUT2D eigenvalue weighted by atomic mass is 10.2. The molecular formula is C20H18N8O. The number of aromatic nitrogens is 6. The first kappa shape index (κ1) is 18.2. The lowest BCUT2D eigenvalue weighted by Crippen LogP contribution is -2.23. The Hall–Kier alpha value is -4.14. The van der Waals surface area contributed by atoms with Crippen LogP contribution in [0.4, 0.5) is 0 Å². The maximum atomic E-state index is 12.0. The molecule has 0 atom stereocenters. The summed E-state index contributed by atoms with van der Waals surface area (Å²) in [4.78, 5) is 12.0. The van der Waals surface area contributed by atoms with Crippen molar-refractivity contribution in [2.45, 2.75) is 13.1 Å². The molecule has 0 bridgehead atoms. The number of benzene rings is 2. The summed E-state index contributed by atoms with van der Waals surface area (Å²) >= 11 is 0. The summed E-state index contributed by atoms with van der Waals surface area (Å²) in [6, 6.07) is 17.5. The fourth-order valence-electron chi connectivity index (χ4n) is 2.74. The first-order valence-corrected chi connectivity index (χ1v) is 8.99. The van der Waals surface area contributed by atoms with Crippen LogP contribution in [-0.4, -0.2) is 42.1 Å². The summed E-state index contributed by atoms with van der Waals surface area (Å²) in [6.45, 7) is 0.693. The normalized spacial score (nSPS) is 11.6. The van der Waals surface area contributed by atoms with Gasteiger partial charge in [0.05, 0.1) is 18.3 Å². The fraction of sp³-hybridized carbons (Fsp3) is 0.100. The van der Waals surface area contributed by atoms with Crippen molar-refractivity contribution in [3.8, 4) is 0 Å². The Balaban J connectivity index is 1.27. The highest BCUT2D eigenvalue weighted by Gasteiger charge is 2.07. The highest BCUT2D eigenvalue weighted by Crippen LogP contribution is 2.09. The summed E-state index contributed by atoms with van der Waals surface area (Å²) in [7, 11) is 0. The Morgan fingerprint density at radius 3 is 2.76 bits per heavy atom. The van der Waals surface area contributed by atoms with Crippen LogP contribution in [0.2, 0.25) is 0 Å². The number of hydrogen-bond donors (Lipinski definition) is 1. The quantitative estimate of drug-likeness (QED) is 0.386. The van der Waals surface area contributed by atoms with Gasteiger partial charge in [0, 0.05) is 6.21 Å². The second-order valence-corrected chi connectivity index (χ2v) is 6.23. The molecule has 2 aromatic heterocycles. The molecule has 0 aliphatic carbocycles. The van der Waals surface area contributed by atoms with Crippen molar-refractivity contribution in [3.05, 3.63) is 78.1 Å². The Labute approximate surface area is 166 Å². The van der Waals surface area contributed by atoms with Crippen molar-refractivity contribution in [2.75, 3.05) is 0 Å². The summed E-state index contributed by atoms with van der Waals surface area (Å²) in [6.07, 6.45) is 6.76. The lowest BCUT2D eigenvalue weighted by Gasteiger charge is -2.00. The molecule has 0 spiro atoms. The van der Waals surface area contributed by atoms with Gasteiger partial charge < -0.3 is 0 Å². The van der Waals surface area contributed by atoms with Crippen LogP contribution in [0, 0.1) is 0 Å². The number of fused-ring (bicyclic) bond motifs is 1. The molecule has 4 aromatic rings. The second kappa shape index (κ2) is 8.70. The van der Waals surface area contributed by atoms with Crippen LogP contribution in [0.1, 0.15) is 11.3 Å². The van der Waals surface area contributed by atoms with E-state index in [1.54, 1.807) is 16.8 Å². The smallest absolute Gasteiger partial charge is 0.261 e. The van der Waals surface area contributed by atoms with Crippen molar-refractivity contribution in [2.24, 2.45) is 5.10 Å². The van der Waals surface area contributed by atoms with E-state index in [-0.39, 0.29) is 12.5 Å². The summed E-state index contributed by atoms with van der Waals surface area (Å²) < 4.78 is 3.29. The number of rotatable bonds is 7. The van der Waals surface area contributed by atoms with Crippen LogP contribution < -0.4 is 5.43 Å². The molecule has 0 saturated heterocycles. The molecule has 29 heavy (non-hydrogen) atoms. The number of para-hydroxylation sites is 1. The minimum Gasteiger partial charge on any atom is -0.271 e. The van der Waals surface area contributed by atoms with Crippen molar-refractivity contribution in [1.29, 1.82) is 0 Å². The van der Waals surface area contributed by atoms with E-state index in [1.165, 1.54) is 10.9 Å². The van der Waals surface area contributed by atoms with E-state index >= 15 is 0 Å². The Morgan fingerprint density at radius 1 is 1.03 bits per heavy atom. The van der Waals surface area contributed by atoms with E-state index in [2.05, 4.69) is 31.2 Å². The molecule has 1 amide bonds. The van der Waals surface area contributed by atoms with E-state index in [0.29, 0.717) is 12.2 Å². The SMILES string of the molecule is O=C(Cn1nnc2ccccc21)N/N=C\C=C\c1cn(Cc2ccccc2)nn1. The van der Waals surface area contributed by atoms with Gasteiger partial charge in [-0.2, -0.15) is 5.10 Å². The first-order chi connectivity index (χ1) is 14.3. The van der Waals surface area contributed by atoms with Gasteiger partial charge in [0.2, 0.25) is 0 Å². The number of hydrogen-bond acceptors (Lipinski definition) is 6. The van der Waals surface area contributed by atoms with Gasteiger partial charge in [-0.25, -0.2) is 14.8 Å². The van der Waals surface area contributed by atoms with Gasteiger partial charge in [0.25, 0.3) is 5.91 Å². The van der Waals surface area contributed by atoms with Gasteiger partial charge in [0.1, 0.15) is 17.8 Å². The number of allylic oxidation sites excluding steroid dienone is 1. The maximum absolute atomic E-state index is 12.0. The second-order valence-electron chi connectivity index (χ2n) is 6.23. The van der Waals surface area contributed by atoms with Gasteiger partial charge >= 0.3 is 0 Å². The van der Waals surface area contributed by atoms with Crippen molar-refractivity contribution >= 4 is 29.2 Å². The minimum absolute atomic E-state index is 0.0371. The minimum atomic E-state index is -0.292. The molecule has 0 unspecified atom stereocenters. The number of hydrazone groups is 1. The van der Waals surface area contributed by atoms with E-state index < -0.39 is 0 Å². The van der Waals surface area contributed by atoms with E-state index in [9.17, 15) is 4.79 Å². The predicted molar refractivity (Wildman–Crippen MR) is 109 cm³/mol. The molecule has 0 radical (unpaired) electrons. The molecule has 1 N–H and O–H groups in total. The van der Waals surface area contributed by atoms with E-state index in [4.69, 9.17) is 0 Å². The van der Waals surface area contributed by atoms with Crippen molar-refractivity contribution < 1.29 is 4.79 Å². The van der Waals surface area contributed by atoms with Crippen LogP contribution in [-0.2, 0) is 17.9 Å². The van der Waals surface area contributed by atoms with Crippen LogP contribution in [0.25, 0.3) is 17.1 Å². The number of nitrogens with zero attached hydrogens (tertiary/aromatic N) is 7. The number of carbonyl (C=O) groups is 1. The number of carbonyl (C=O) groups excluding carboxylic acids is 1. The van der Waals surface area contributed by atoms with Gasteiger partial charge in [-0.05, 0) is 29.8 Å². The third-order valence-electron chi connectivity index (χ3n) is 4.07. The van der Waals surface area contributed by atoms with Crippen LogP contribution in [0.15, 0.2) is 72.0 Å². The summed E-state index contributed by atoms with van der Waals surface area (Å²) in [5, 5.41) is 20.1. The number of amides is 1. The molecule has 0 fully saturated rings. The highest BCUT2D eigenvalue weighted by molar-refractivity contribution is 5.82. The highest BCUT2D eigenvalue weighted by atomic mass is 16.2. The first-order valence-electron chi connectivity index (χ1n) is 8.99. The maximum Gasteiger partial charge on any atom is 0.261 e. The topological polar surface area (TPSA) is 103 Å². The molecule has 0 aliphatic rings. The molecule has 0 aliphatic heterocycles. The standard InChI is InChI=1S/C20H18N8O/c29-20(15-28-19-11-5-4-10-18(19)23-26-28)24-21-12-6-9-17-14-27(25-22-17)13-16-7-2-1-3-8-16/h1-12,14H,13,15H2,(H,24,29)/b9-6+,21-12-. The molecule has 9 nitrogen and oxygen atoms in total. The third kappa shape index (κ3) is 4.78. The molecule has 9 heteroatoms. The molecule has 2 heterocycles. The van der Waals surface area contributed by atoms with Crippen LogP contribution >= 0.6 is 0 Å². The van der Waals surface area contributed by atoms with Crippen molar-refractivity contribution in [1.82, 2.24) is 35.4 Å². The number of nitrogens with one attached hydrogen (secondary N) is 1. The van der Waals surface area contributed by atoms with Crippen LogP contribution in [0.5, 0.6) is 0 Å². The predicted octanol–water partition coefficient (Wildman–Crippen LogP) is 1.89. The Morgan fingerprint density at radius 2 is 1.86 bits per heavy atom. The molecule has 0 saturated carbocycles. The fourth-order valence-corrected chi connectivity index (χ4v) is 2.74. The van der Waals surface area contributed by atoms with Gasteiger partial charge in [0.15, 0.2) is 0 Å². The van der Waals surface area contributed by atoms with Gasteiger partial charge in [-0.3, -0.25) is 4.79 Å². The third-order valence-corrected chi connectivity index (χ3v) is 4.07. The lowest BCUT2D eigenvalue weighted by molar-refractivity contribution is -0.121. The Kier molecular flexibility index (Phi) is 5.47. The monoisotopic (exact) mass is 386 g/mol. The molecule has 2 aromatic carbocycles. The summed E-state index contributed by atoms with van der Waals surface area (Å²) in [5.74, 6) is -0.292. The molecule has 4 rings (SSSR count). The molecular weight excluding hydrogens is 368 g/mol. The van der Waals surface area contributed by atoms with Crippen molar-refractivity contribution in [3.63, 3.8) is 0 Å². The van der Waals surface area contributed by atoms with Crippen LogP contribution in [0.3, 0.4) is 0 Å². The van der Waals surface area contributed by atoms with E-state index in [0.717, 1.165) is 16.6 Å². The average molecular weight is 386 g/mol. The van der Waals surface area contributed by atoms with E-state index in [1.807, 2.05) is 60.8 Å². The van der Waals surface area contributed by atoms with Gasteiger partial charge in [-0.15, -0.1) is 10.2 Å².